The molecule has 1 aromatic carbocycles. The topological polar surface area (TPSA) is 56.7 Å². The van der Waals surface area contributed by atoms with Gasteiger partial charge in [0.05, 0.1) is 6.54 Å². The molecule has 2 aromatic rings. The van der Waals surface area contributed by atoms with Gasteiger partial charge in [0, 0.05) is 21.8 Å². The maximum Gasteiger partial charge on any atom is 0.191 e. The van der Waals surface area contributed by atoms with Gasteiger partial charge in [0.15, 0.2) is 5.16 Å². The van der Waals surface area contributed by atoms with E-state index in [0.717, 1.165) is 22.3 Å². The van der Waals surface area contributed by atoms with Crippen molar-refractivity contribution >= 4 is 35.0 Å². The van der Waals surface area contributed by atoms with E-state index < -0.39 is 0 Å². The molecule has 3 rings (SSSR count). The van der Waals surface area contributed by atoms with Gasteiger partial charge in [-0.25, -0.2) is 0 Å². The smallest absolute Gasteiger partial charge is 0.191 e. The van der Waals surface area contributed by atoms with Gasteiger partial charge in [-0.2, -0.15) is 0 Å². The number of halogens is 2. The van der Waals surface area contributed by atoms with Gasteiger partial charge in [-0.15, -0.1) is 10.2 Å². The van der Waals surface area contributed by atoms with E-state index >= 15 is 0 Å². The van der Waals surface area contributed by atoms with Gasteiger partial charge in [0.25, 0.3) is 0 Å². The quantitative estimate of drug-likeness (QED) is 0.851. The molecular formula is C13H14Cl2N4S. The Morgan fingerprint density at radius 2 is 2.10 bits per heavy atom. The Labute approximate surface area is 131 Å². The highest BCUT2D eigenvalue weighted by Crippen LogP contribution is 2.39. The van der Waals surface area contributed by atoms with Crippen LogP contribution in [0.15, 0.2) is 23.4 Å². The molecule has 0 saturated heterocycles. The van der Waals surface area contributed by atoms with Crippen molar-refractivity contribution in [3.05, 3.63) is 39.6 Å². The number of thioether (sulfide) groups is 1. The Balaban J connectivity index is 1.76. The molecule has 1 heterocycles. The highest BCUT2D eigenvalue weighted by atomic mass is 35.5. The van der Waals surface area contributed by atoms with Gasteiger partial charge in [-0.3, -0.25) is 0 Å². The average molecular weight is 329 g/mol. The number of hydrogen-bond acceptors (Lipinski definition) is 4. The monoisotopic (exact) mass is 328 g/mol. The SMILES string of the molecule is NCc1nnc(SCc2ccc(Cl)cc2Cl)n1C1CC1. The van der Waals surface area contributed by atoms with Crippen molar-refractivity contribution in [3.8, 4) is 0 Å². The fraction of sp³-hybridized carbons (Fsp3) is 0.385. The summed E-state index contributed by atoms with van der Waals surface area (Å²) >= 11 is 13.7. The summed E-state index contributed by atoms with van der Waals surface area (Å²) in [6, 6.07) is 6.07. The third-order valence-corrected chi connectivity index (χ3v) is 4.78. The lowest BCUT2D eigenvalue weighted by Gasteiger charge is -2.08. The number of hydrogen-bond donors (Lipinski definition) is 1. The van der Waals surface area contributed by atoms with Crippen molar-refractivity contribution in [2.75, 3.05) is 0 Å². The van der Waals surface area contributed by atoms with E-state index in [0.29, 0.717) is 22.6 Å². The van der Waals surface area contributed by atoms with Crippen LogP contribution in [0.2, 0.25) is 10.0 Å². The molecule has 1 aliphatic carbocycles. The lowest BCUT2D eigenvalue weighted by molar-refractivity contribution is 0.626. The van der Waals surface area contributed by atoms with Crippen molar-refractivity contribution in [2.45, 2.75) is 36.3 Å². The predicted octanol–water partition coefficient (Wildman–Crippen LogP) is 3.67. The second-order valence-corrected chi connectivity index (χ2v) is 6.51. The first-order valence-corrected chi connectivity index (χ1v) is 8.13. The fourth-order valence-electron chi connectivity index (χ4n) is 2.03. The summed E-state index contributed by atoms with van der Waals surface area (Å²) in [4.78, 5) is 0. The van der Waals surface area contributed by atoms with Crippen LogP contribution in [0.1, 0.15) is 30.3 Å². The summed E-state index contributed by atoms with van der Waals surface area (Å²) in [5, 5.41) is 10.6. The first kappa shape index (κ1) is 14.2. The maximum atomic E-state index is 6.18. The van der Waals surface area contributed by atoms with Crippen molar-refractivity contribution in [1.82, 2.24) is 14.8 Å². The van der Waals surface area contributed by atoms with E-state index in [1.807, 2.05) is 12.1 Å². The van der Waals surface area contributed by atoms with Crippen LogP contribution >= 0.6 is 35.0 Å². The van der Waals surface area contributed by atoms with Crippen molar-refractivity contribution in [3.63, 3.8) is 0 Å². The molecular weight excluding hydrogens is 315 g/mol. The molecule has 0 bridgehead atoms. The van der Waals surface area contributed by atoms with Crippen LogP contribution in [0.3, 0.4) is 0 Å². The van der Waals surface area contributed by atoms with E-state index in [9.17, 15) is 0 Å². The van der Waals surface area contributed by atoms with Gasteiger partial charge in [0.2, 0.25) is 0 Å². The largest absolute Gasteiger partial charge is 0.324 e. The summed E-state index contributed by atoms with van der Waals surface area (Å²) in [6.45, 7) is 0.422. The minimum absolute atomic E-state index is 0.422. The molecule has 1 fully saturated rings. The minimum Gasteiger partial charge on any atom is -0.324 e. The summed E-state index contributed by atoms with van der Waals surface area (Å²) in [5.74, 6) is 1.60. The Bertz CT molecular complexity index is 625. The second-order valence-electron chi connectivity index (χ2n) is 4.73. The molecule has 0 amide bonds. The van der Waals surface area contributed by atoms with Crippen molar-refractivity contribution in [1.29, 1.82) is 0 Å². The van der Waals surface area contributed by atoms with E-state index in [4.69, 9.17) is 28.9 Å². The van der Waals surface area contributed by atoms with Gasteiger partial charge in [-0.1, -0.05) is 41.0 Å². The van der Waals surface area contributed by atoms with Crippen LogP contribution in [-0.4, -0.2) is 14.8 Å². The number of benzene rings is 1. The van der Waals surface area contributed by atoms with E-state index in [2.05, 4.69) is 14.8 Å². The Morgan fingerprint density at radius 3 is 2.75 bits per heavy atom. The third-order valence-electron chi connectivity index (χ3n) is 3.20. The summed E-state index contributed by atoms with van der Waals surface area (Å²) in [7, 11) is 0. The highest BCUT2D eigenvalue weighted by molar-refractivity contribution is 7.98. The van der Waals surface area contributed by atoms with Crippen LogP contribution in [0.4, 0.5) is 0 Å². The van der Waals surface area contributed by atoms with E-state index in [1.54, 1.807) is 17.8 Å². The zero-order chi connectivity index (χ0) is 14.1. The molecule has 1 aliphatic rings. The van der Waals surface area contributed by atoms with E-state index in [1.165, 1.54) is 12.8 Å². The Hall–Kier alpha value is -0.750. The third kappa shape index (κ3) is 2.96. The van der Waals surface area contributed by atoms with Crippen LogP contribution in [0, 0.1) is 0 Å². The molecule has 0 aliphatic heterocycles. The summed E-state index contributed by atoms with van der Waals surface area (Å²) < 4.78 is 2.16. The van der Waals surface area contributed by atoms with Crippen LogP contribution in [-0.2, 0) is 12.3 Å². The second kappa shape index (κ2) is 5.93. The van der Waals surface area contributed by atoms with Crippen LogP contribution in [0.25, 0.3) is 0 Å². The van der Waals surface area contributed by atoms with Gasteiger partial charge in [0.1, 0.15) is 5.82 Å². The minimum atomic E-state index is 0.422. The molecule has 1 saturated carbocycles. The number of nitrogens with two attached hydrogens (primary N) is 1. The molecule has 0 radical (unpaired) electrons. The van der Waals surface area contributed by atoms with Crippen molar-refractivity contribution < 1.29 is 0 Å². The zero-order valence-electron chi connectivity index (χ0n) is 10.7. The molecule has 106 valence electrons. The highest BCUT2D eigenvalue weighted by Gasteiger charge is 2.29. The average Bonchev–Trinajstić information content (AvgIpc) is 3.18. The first-order chi connectivity index (χ1) is 9.69. The maximum absolute atomic E-state index is 6.18. The van der Waals surface area contributed by atoms with Crippen LogP contribution in [0.5, 0.6) is 0 Å². The lowest BCUT2D eigenvalue weighted by Crippen LogP contribution is -2.08. The van der Waals surface area contributed by atoms with E-state index in [-0.39, 0.29) is 0 Å². The van der Waals surface area contributed by atoms with Gasteiger partial charge >= 0.3 is 0 Å². The van der Waals surface area contributed by atoms with Gasteiger partial charge in [-0.05, 0) is 30.5 Å². The molecule has 0 unspecified atom stereocenters. The van der Waals surface area contributed by atoms with Crippen LogP contribution < -0.4 is 5.73 Å². The first-order valence-electron chi connectivity index (χ1n) is 6.39. The van der Waals surface area contributed by atoms with Gasteiger partial charge < -0.3 is 10.3 Å². The summed E-state index contributed by atoms with van der Waals surface area (Å²) in [5.41, 5.74) is 6.75. The lowest BCUT2D eigenvalue weighted by atomic mass is 10.2. The Kier molecular flexibility index (Phi) is 4.21. The normalized spacial score (nSPS) is 14.8. The summed E-state index contributed by atoms with van der Waals surface area (Å²) in [6.07, 6.45) is 2.36. The molecule has 1 aromatic heterocycles. The molecule has 0 spiro atoms. The standard InChI is InChI=1S/C13H14Cl2N4S/c14-9-2-1-8(11(15)5-9)7-20-13-18-17-12(6-16)19(13)10-3-4-10/h1-2,5,10H,3-4,6-7,16H2. The molecule has 2 N–H and O–H groups in total. The number of rotatable bonds is 5. The molecule has 7 heteroatoms. The van der Waals surface area contributed by atoms with Crippen molar-refractivity contribution in [2.24, 2.45) is 5.73 Å². The molecule has 4 nitrogen and oxygen atoms in total. The predicted molar refractivity (Wildman–Crippen MR) is 82.2 cm³/mol. The number of nitrogens with zero attached hydrogens (tertiary/aromatic N) is 3. The molecule has 20 heavy (non-hydrogen) atoms. The number of aromatic nitrogens is 3. The zero-order valence-corrected chi connectivity index (χ0v) is 13.0. The fourth-order valence-corrected chi connectivity index (χ4v) is 3.61. The Morgan fingerprint density at radius 1 is 1.30 bits per heavy atom. The molecule has 0 atom stereocenters.